The number of amides is 1. The van der Waals surface area contributed by atoms with Gasteiger partial charge in [-0.3, -0.25) is 14.7 Å². The number of anilines is 1. The standard InChI is InChI=1S/C13H18F3N5O/c14-13(15,16)8-21-3-1-9(2-4-21)5-19-11-7-18-6-10(20-11)12(17)22/h6-7,9H,1-5,8H2,(H2,17,22)(H,19,20). The van der Waals surface area contributed by atoms with E-state index in [2.05, 4.69) is 15.3 Å². The van der Waals surface area contributed by atoms with Crippen LogP contribution in [0, 0.1) is 5.92 Å². The Morgan fingerprint density at radius 2 is 2.05 bits per heavy atom. The van der Waals surface area contributed by atoms with Crippen molar-refractivity contribution in [1.82, 2.24) is 14.9 Å². The zero-order chi connectivity index (χ0) is 16.2. The Hall–Kier alpha value is -1.90. The third-order valence-corrected chi connectivity index (χ3v) is 3.57. The van der Waals surface area contributed by atoms with Gasteiger partial charge in [0.25, 0.3) is 5.91 Å². The lowest BCUT2D eigenvalue weighted by Gasteiger charge is -2.32. The lowest BCUT2D eigenvalue weighted by atomic mass is 9.97. The third-order valence-electron chi connectivity index (χ3n) is 3.57. The number of hydrogen-bond donors (Lipinski definition) is 2. The average Bonchev–Trinajstić information content (AvgIpc) is 2.45. The van der Waals surface area contributed by atoms with Crippen molar-refractivity contribution in [3.05, 3.63) is 18.1 Å². The maximum absolute atomic E-state index is 12.3. The molecule has 1 aromatic rings. The van der Waals surface area contributed by atoms with Gasteiger partial charge in [0.15, 0.2) is 0 Å². The molecule has 1 aromatic heterocycles. The van der Waals surface area contributed by atoms with Gasteiger partial charge in [0, 0.05) is 6.54 Å². The highest BCUT2D eigenvalue weighted by molar-refractivity contribution is 5.90. The molecule has 1 aliphatic heterocycles. The van der Waals surface area contributed by atoms with Crippen molar-refractivity contribution in [3.8, 4) is 0 Å². The molecule has 0 bridgehead atoms. The number of nitrogens with one attached hydrogen (secondary N) is 1. The summed E-state index contributed by atoms with van der Waals surface area (Å²) in [6.07, 6.45) is -0.0116. The highest BCUT2D eigenvalue weighted by Gasteiger charge is 2.32. The molecule has 0 aliphatic carbocycles. The van der Waals surface area contributed by atoms with Crippen LogP contribution in [0.4, 0.5) is 19.0 Å². The maximum atomic E-state index is 12.3. The van der Waals surface area contributed by atoms with Gasteiger partial charge in [0.1, 0.15) is 11.5 Å². The number of carbonyl (C=O) groups is 1. The van der Waals surface area contributed by atoms with Crippen molar-refractivity contribution in [2.45, 2.75) is 19.0 Å². The Labute approximate surface area is 125 Å². The molecule has 0 saturated carbocycles. The van der Waals surface area contributed by atoms with Gasteiger partial charge in [-0.05, 0) is 31.8 Å². The zero-order valence-corrected chi connectivity index (χ0v) is 11.9. The third kappa shape index (κ3) is 5.14. The maximum Gasteiger partial charge on any atom is 0.401 e. The summed E-state index contributed by atoms with van der Waals surface area (Å²) in [6, 6.07) is 0. The first-order chi connectivity index (χ1) is 10.3. The molecule has 1 fully saturated rings. The minimum absolute atomic E-state index is 0.0741. The first kappa shape index (κ1) is 16.5. The van der Waals surface area contributed by atoms with E-state index in [9.17, 15) is 18.0 Å². The van der Waals surface area contributed by atoms with Gasteiger partial charge >= 0.3 is 6.18 Å². The summed E-state index contributed by atoms with van der Waals surface area (Å²) in [4.78, 5) is 20.3. The van der Waals surface area contributed by atoms with Crippen LogP contribution in [0.3, 0.4) is 0 Å². The lowest BCUT2D eigenvalue weighted by molar-refractivity contribution is -0.148. The molecule has 122 valence electrons. The SMILES string of the molecule is NC(=O)c1cncc(NCC2CCN(CC(F)(F)F)CC2)n1. The molecule has 2 rings (SSSR count). The van der Waals surface area contributed by atoms with Crippen LogP contribution in [-0.4, -0.2) is 53.1 Å². The number of halogens is 3. The van der Waals surface area contributed by atoms with E-state index in [1.54, 1.807) is 0 Å². The molecule has 1 amide bonds. The molecule has 1 saturated heterocycles. The average molecular weight is 317 g/mol. The van der Waals surface area contributed by atoms with E-state index in [1.807, 2.05) is 0 Å². The van der Waals surface area contributed by atoms with E-state index < -0.39 is 18.6 Å². The molecule has 0 unspecified atom stereocenters. The van der Waals surface area contributed by atoms with Crippen LogP contribution >= 0.6 is 0 Å². The topological polar surface area (TPSA) is 84.1 Å². The molecule has 0 radical (unpaired) electrons. The Bertz CT molecular complexity index is 515. The molecule has 22 heavy (non-hydrogen) atoms. The number of primary amides is 1. The van der Waals surface area contributed by atoms with Crippen LogP contribution in [0.2, 0.25) is 0 Å². The second-order valence-corrected chi connectivity index (χ2v) is 5.37. The largest absolute Gasteiger partial charge is 0.401 e. The summed E-state index contributed by atoms with van der Waals surface area (Å²) in [5.74, 6) is 0.0501. The van der Waals surface area contributed by atoms with Crippen LogP contribution in [0.1, 0.15) is 23.3 Å². The normalized spacial score (nSPS) is 17.4. The number of rotatable bonds is 5. The Kier molecular flexibility index (Phi) is 5.17. The Morgan fingerprint density at radius 1 is 1.36 bits per heavy atom. The summed E-state index contributed by atoms with van der Waals surface area (Å²) in [6.45, 7) is 0.591. The Balaban J connectivity index is 1.77. The van der Waals surface area contributed by atoms with Gasteiger partial charge in [-0.15, -0.1) is 0 Å². The van der Waals surface area contributed by atoms with Gasteiger partial charge in [0.2, 0.25) is 0 Å². The van der Waals surface area contributed by atoms with E-state index in [1.165, 1.54) is 17.3 Å². The van der Waals surface area contributed by atoms with Gasteiger partial charge in [-0.25, -0.2) is 4.98 Å². The van der Waals surface area contributed by atoms with Crippen molar-refractivity contribution >= 4 is 11.7 Å². The summed E-state index contributed by atoms with van der Waals surface area (Å²) in [5, 5.41) is 3.05. The smallest absolute Gasteiger partial charge is 0.368 e. The highest BCUT2D eigenvalue weighted by atomic mass is 19.4. The van der Waals surface area contributed by atoms with Crippen molar-refractivity contribution in [3.63, 3.8) is 0 Å². The molecule has 0 aromatic carbocycles. The number of carbonyl (C=O) groups excluding carboxylic acids is 1. The lowest BCUT2D eigenvalue weighted by Crippen LogP contribution is -2.41. The number of nitrogens with two attached hydrogens (primary N) is 1. The van der Waals surface area contributed by atoms with Crippen LogP contribution in [0.15, 0.2) is 12.4 Å². The fourth-order valence-electron chi connectivity index (χ4n) is 2.42. The van der Waals surface area contributed by atoms with E-state index in [4.69, 9.17) is 5.73 Å². The van der Waals surface area contributed by atoms with E-state index >= 15 is 0 Å². The van der Waals surface area contributed by atoms with Gasteiger partial charge in [-0.2, -0.15) is 13.2 Å². The van der Waals surface area contributed by atoms with Crippen LogP contribution in [-0.2, 0) is 0 Å². The molecule has 0 atom stereocenters. The number of piperidine rings is 1. The molecular weight excluding hydrogens is 299 g/mol. The van der Waals surface area contributed by atoms with Crippen molar-refractivity contribution in [2.24, 2.45) is 11.7 Å². The number of aromatic nitrogens is 2. The predicted molar refractivity (Wildman–Crippen MR) is 74.3 cm³/mol. The summed E-state index contributed by atoms with van der Waals surface area (Å²) >= 11 is 0. The summed E-state index contributed by atoms with van der Waals surface area (Å²) in [5.41, 5.74) is 5.19. The summed E-state index contributed by atoms with van der Waals surface area (Å²) < 4.78 is 36.9. The number of hydrogen-bond acceptors (Lipinski definition) is 5. The highest BCUT2D eigenvalue weighted by Crippen LogP contribution is 2.22. The predicted octanol–water partition coefficient (Wildman–Crippen LogP) is 1.26. The van der Waals surface area contributed by atoms with Crippen molar-refractivity contribution in [2.75, 3.05) is 31.5 Å². The first-order valence-electron chi connectivity index (χ1n) is 6.98. The minimum Gasteiger partial charge on any atom is -0.368 e. The fourth-order valence-corrected chi connectivity index (χ4v) is 2.42. The quantitative estimate of drug-likeness (QED) is 0.854. The van der Waals surface area contributed by atoms with Crippen molar-refractivity contribution in [1.29, 1.82) is 0 Å². The summed E-state index contributed by atoms with van der Waals surface area (Å²) in [7, 11) is 0. The van der Waals surface area contributed by atoms with E-state index in [0.717, 1.165) is 0 Å². The molecule has 1 aliphatic rings. The molecule has 0 spiro atoms. The van der Waals surface area contributed by atoms with Gasteiger partial charge in [0.05, 0.1) is 18.9 Å². The number of alkyl halides is 3. The minimum atomic E-state index is -4.14. The van der Waals surface area contributed by atoms with Gasteiger partial charge in [-0.1, -0.05) is 0 Å². The van der Waals surface area contributed by atoms with Crippen LogP contribution < -0.4 is 11.1 Å². The zero-order valence-electron chi connectivity index (χ0n) is 11.9. The first-order valence-corrected chi connectivity index (χ1v) is 6.98. The van der Waals surface area contributed by atoms with Crippen LogP contribution in [0.25, 0.3) is 0 Å². The van der Waals surface area contributed by atoms with Crippen molar-refractivity contribution < 1.29 is 18.0 Å². The van der Waals surface area contributed by atoms with Gasteiger partial charge < -0.3 is 11.1 Å². The fraction of sp³-hybridized carbons (Fsp3) is 0.615. The molecule has 9 heteroatoms. The molecule has 3 N–H and O–H groups in total. The monoisotopic (exact) mass is 317 g/mol. The molecule has 6 nitrogen and oxygen atoms in total. The number of nitrogens with zero attached hydrogens (tertiary/aromatic N) is 3. The number of likely N-dealkylation sites (tertiary alicyclic amines) is 1. The van der Waals surface area contributed by atoms with Crippen LogP contribution in [0.5, 0.6) is 0 Å². The molecular formula is C13H18F3N5O. The second-order valence-electron chi connectivity index (χ2n) is 5.37. The van der Waals surface area contributed by atoms with E-state index in [0.29, 0.717) is 38.3 Å². The molecule has 2 heterocycles. The van der Waals surface area contributed by atoms with E-state index in [-0.39, 0.29) is 11.6 Å². The second kappa shape index (κ2) is 6.91. The Morgan fingerprint density at radius 3 is 2.64 bits per heavy atom.